The molecule has 1 aromatic rings. The van der Waals surface area contributed by atoms with Crippen LogP contribution >= 0.6 is 0 Å². The molecule has 6 nitrogen and oxygen atoms in total. The number of amides is 1. The van der Waals surface area contributed by atoms with Gasteiger partial charge in [0.1, 0.15) is 0 Å². The van der Waals surface area contributed by atoms with Crippen molar-refractivity contribution in [1.29, 1.82) is 0 Å². The SMILES string of the molecule is Cc1cc(C2CCCN2C(=O)/C=C/C(=O)O)on1. The Morgan fingerprint density at radius 2 is 2.33 bits per heavy atom. The molecule has 18 heavy (non-hydrogen) atoms. The second kappa shape index (κ2) is 5.03. The third kappa shape index (κ3) is 2.58. The van der Waals surface area contributed by atoms with Gasteiger partial charge in [0.15, 0.2) is 5.76 Å². The van der Waals surface area contributed by atoms with Crippen molar-refractivity contribution in [2.75, 3.05) is 6.54 Å². The molecule has 0 radical (unpaired) electrons. The lowest BCUT2D eigenvalue weighted by Gasteiger charge is -2.20. The standard InChI is InChI=1S/C12H14N2O4/c1-8-7-10(18-13-8)9-3-2-6-14(9)11(15)4-5-12(16)17/h4-5,7,9H,2-3,6H2,1H3,(H,16,17)/b5-4+. The third-order valence-corrected chi connectivity index (χ3v) is 2.88. The number of aromatic nitrogens is 1. The summed E-state index contributed by atoms with van der Waals surface area (Å²) in [6.07, 6.45) is 3.60. The molecule has 0 bridgehead atoms. The minimum Gasteiger partial charge on any atom is -0.478 e. The maximum Gasteiger partial charge on any atom is 0.328 e. The van der Waals surface area contributed by atoms with E-state index >= 15 is 0 Å². The van der Waals surface area contributed by atoms with E-state index in [-0.39, 0.29) is 11.9 Å². The molecule has 2 heterocycles. The van der Waals surface area contributed by atoms with Gasteiger partial charge in [0.05, 0.1) is 11.7 Å². The Labute approximate surface area is 104 Å². The van der Waals surface area contributed by atoms with Crippen molar-refractivity contribution < 1.29 is 19.2 Å². The van der Waals surface area contributed by atoms with Crippen LogP contribution in [0.4, 0.5) is 0 Å². The zero-order chi connectivity index (χ0) is 13.1. The lowest BCUT2D eigenvalue weighted by molar-refractivity contribution is -0.132. The quantitative estimate of drug-likeness (QED) is 0.817. The van der Waals surface area contributed by atoms with E-state index in [0.29, 0.717) is 12.3 Å². The van der Waals surface area contributed by atoms with Crippen molar-refractivity contribution in [3.63, 3.8) is 0 Å². The number of aryl methyl sites for hydroxylation is 1. The molecule has 0 spiro atoms. The molecular weight excluding hydrogens is 236 g/mol. The first-order valence-corrected chi connectivity index (χ1v) is 5.73. The zero-order valence-corrected chi connectivity index (χ0v) is 10.00. The van der Waals surface area contributed by atoms with Crippen molar-refractivity contribution >= 4 is 11.9 Å². The van der Waals surface area contributed by atoms with Gasteiger partial charge in [-0.25, -0.2) is 4.79 Å². The Kier molecular flexibility index (Phi) is 3.45. The molecule has 1 amide bonds. The van der Waals surface area contributed by atoms with Crippen LogP contribution in [-0.4, -0.2) is 33.6 Å². The van der Waals surface area contributed by atoms with Crippen LogP contribution < -0.4 is 0 Å². The van der Waals surface area contributed by atoms with Crippen LogP contribution in [0.1, 0.15) is 30.3 Å². The van der Waals surface area contributed by atoms with E-state index in [1.54, 1.807) is 11.0 Å². The van der Waals surface area contributed by atoms with Gasteiger partial charge in [-0.2, -0.15) is 0 Å². The molecule has 1 N–H and O–H groups in total. The highest BCUT2D eigenvalue weighted by Crippen LogP contribution is 2.32. The van der Waals surface area contributed by atoms with Crippen molar-refractivity contribution in [3.8, 4) is 0 Å². The number of carbonyl (C=O) groups excluding carboxylic acids is 1. The van der Waals surface area contributed by atoms with E-state index in [1.165, 1.54) is 0 Å². The van der Waals surface area contributed by atoms with E-state index in [9.17, 15) is 9.59 Å². The number of hydrogen-bond acceptors (Lipinski definition) is 4. The molecule has 96 valence electrons. The van der Waals surface area contributed by atoms with Crippen LogP contribution in [0.25, 0.3) is 0 Å². The minimum atomic E-state index is -1.13. The summed E-state index contributed by atoms with van der Waals surface area (Å²) in [6.45, 7) is 2.42. The number of nitrogens with zero attached hydrogens (tertiary/aromatic N) is 2. The van der Waals surface area contributed by atoms with Crippen molar-refractivity contribution in [2.45, 2.75) is 25.8 Å². The summed E-state index contributed by atoms with van der Waals surface area (Å²) in [7, 11) is 0. The molecular formula is C12H14N2O4. The molecule has 2 rings (SSSR count). The van der Waals surface area contributed by atoms with Gasteiger partial charge in [0, 0.05) is 24.8 Å². The van der Waals surface area contributed by atoms with E-state index in [0.717, 1.165) is 30.7 Å². The van der Waals surface area contributed by atoms with Gasteiger partial charge >= 0.3 is 5.97 Å². The van der Waals surface area contributed by atoms with Gasteiger partial charge in [-0.15, -0.1) is 0 Å². The predicted octanol–water partition coefficient (Wildman–Crippen LogP) is 1.29. The summed E-state index contributed by atoms with van der Waals surface area (Å²) in [5.41, 5.74) is 0.769. The van der Waals surface area contributed by atoms with Crippen molar-refractivity contribution in [3.05, 3.63) is 29.7 Å². The number of carbonyl (C=O) groups is 2. The van der Waals surface area contributed by atoms with Crippen LogP contribution in [0.5, 0.6) is 0 Å². The predicted molar refractivity (Wildman–Crippen MR) is 61.7 cm³/mol. The Morgan fingerprint density at radius 3 is 2.94 bits per heavy atom. The molecule has 1 unspecified atom stereocenters. The minimum absolute atomic E-state index is 0.142. The third-order valence-electron chi connectivity index (χ3n) is 2.88. The van der Waals surface area contributed by atoms with Crippen molar-refractivity contribution in [1.82, 2.24) is 10.1 Å². The van der Waals surface area contributed by atoms with Crippen LogP contribution in [0, 0.1) is 6.92 Å². The Morgan fingerprint density at radius 1 is 1.56 bits per heavy atom. The summed E-state index contributed by atoms with van der Waals surface area (Å²) < 4.78 is 5.17. The fraction of sp³-hybridized carbons (Fsp3) is 0.417. The molecule has 1 atom stereocenters. The Hall–Kier alpha value is -2.11. The fourth-order valence-electron chi connectivity index (χ4n) is 2.10. The zero-order valence-electron chi connectivity index (χ0n) is 10.00. The lowest BCUT2D eigenvalue weighted by atomic mass is 10.1. The largest absolute Gasteiger partial charge is 0.478 e. The first-order chi connectivity index (χ1) is 8.58. The highest BCUT2D eigenvalue weighted by molar-refractivity contribution is 5.94. The molecule has 1 aromatic heterocycles. The summed E-state index contributed by atoms with van der Waals surface area (Å²) >= 11 is 0. The fourth-order valence-corrected chi connectivity index (χ4v) is 2.10. The van der Waals surface area contributed by atoms with E-state index < -0.39 is 5.97 Å². The van der Waals surface area contributed by atoms with Crippen LogP contribution in [-0.2, 0) is 9.59 Å². The molecule has 1 saturated heterocycles. The summed E-state index contributed by atoms with van der Waals surface area (Å²) in [4.78, 5) is 23.9. The van der Waals surface area contributed by atoms with E-state index in [1.807, 2.05) is 6.92 Å². The second-order valence-electron chi connectivity index (χ2n) is 4.23. The van der Waals surface area contributed by atoms with Crippen LogP contribution in [0.3, 0.4) is 0 Å². The van der Waals surface area contributed by atoms with Gasteiger partial charge < -0.3 is 14.5 Å². The highest BCUT2D eigenvalue weighted by atomic mass is 16.5. The van der Waals surface area contributed by atoms with Gasteiger partial charge in [0.2, 0.25) is 5.91 Å². The number of carboxylic acid groups (broad SMARTS) is 1. The summed E-state index contributed by atoms with van der Waals surface area (Å²) in [6, 6.07) is 1.66. The molecule has 1 aliphatic rings. The Balaban J connectivity index is 2.12. The average molecular weight is 250 g/mol. The highest BCUT2D eigenvalue weighted by Gasteiger charge is 2.31. The van der Waals surface area contributed by atoms with Gasteiger partial charge in [0.25, 0.3) is 0 Å². The number of rotatable bonds is 3. The number of aliphatic carboxylic acids is 1. The van der Waals surface area contributed by atoms with Gasteiger partial charge in [-0.3, -0.25) is 4.79 Å². The monoisotopic (exact) mass is 250 g/mol. The molecule has 0 saturated carbocycles. The molecule has 0 aliphatic carbocycles. The number of carboxylic acids is 1. The normalized spacial score (nSPS) is 19.6. The number of hydrogen-bond donors (Lipinski definition) is 1. The number of likely N-dealkylation sites (tertiary alicyclic amines) is 1. The molecule has 6 heteroatoms. The maximum absolute atomic E-state index is 11.9. The van der Waals surface area contributed by atoms with Crippen molar-refractivity contribution in [2.24, 2.45) is 0 Å². The summed E-state index contributed by atoms with van der Waals surface area (Å²) in [5.74, 6) is -0.786. The van der Waals surface area contributed by atoms with E-state index in [2.05, 4.69) is 5.16 Å². The van der Waals surface area contributed by atoms with Gasteiger partial charge in [-0.1, -0.05) is 5.16 Å². The lowest BCUT2D eigenvalue weighted by Crippen LogP contribution is -2.28. The smallest absolute Gasteiger partial charge is 0.328 e. The summed E-state index contributed by atoms with van der Waals surface area (Å²) in [5, 5.41) is 12.3. The molecule has 1 fully saturated rings. The topological polar surface area (TPSA) is 83.6 Å². The van der Waals surface area contributed by atoms with Gasteiger partial charge in [-0.05, 0) is 19.8 Å². The second-order valence-corrected chi connectivity index (χ2v) is 4.23. The first kappa shape index (κ1) is 12.3. The van der Waals surface area contributed by atoms with Crippen LogP contribution in [0.15, 0.2) is 22.7 Å². The van der Waals surface area contributed by atoms with E-state index in [4.69, 9.17) is 9.63 Å². The molecule has 0 aromatic carbocycles. The first-order valence-electron chi connectivity index (χ1n) is 5.73. The average Bonchev–Trinajstić information content (AvgIpc) is 2.93. The maximum atomic E-state index is 11.9. The Bertz CT molecular complexity index is 492. The van der Waals surface area contributed by atoms with Crippen LogP contribution in [0.2, 0.25) is 0 Å². The molecule has 1 aliphatic heterocycles.